The number of carbonyl (C=O) groups is 1. The van der Waals surface area contributed by atoms with E-state index in [9.17, 15) is 14.9 Å². The van der Waals surface area contributed by atoms with E-state index in [1.165, 1.54) is 24.3 Å². The molecule has 2 aromatic rings. The smallest absolute Gasteiger partial charge is 0.269 e. The summed E-state index contributed by atoms with van der Waals surface area (Å²) in [5.41, 5.74) is 1.20. The molecule has 0 saturated heterocycles. The summed E-state index contributed by atoms with van der Waals surface area (Å²) < 4.78 is 0. The van der Waals surface area contributed by atoms with Gasteiger partial charge in [0.2, 0.25) is 0 Å². The molecule has 0 aliphatic rings. The number of amides is 1. The van der Waals surface area contributed by atoms with Crippen molar-refractivity contribution in [3.63, 3.8) is 0 Å². The summed E-state index contributed by atoms with van der Waals surface area (Å²) >= 11 is 0. The largest absolute Gasteiger partial charge is 0.307 e. The van der Waals surface area contributed by atoms with Crippen molar-refractivity contribution in [1.29, 1.82) is 0 Å². The molecule has 7 heteroatoms. The van der Waals surface area contributed by atoms with Crippen LogP contribution in [0.1, 0.15) is 22.8 Å². The van der Waals surface area contributed by atoms with Gasteiger partial charge in [0.1, 0.15) is 5.82 Å². The maximum Gasteiger partial charge on any atom is 0.269 e. The molecule has 2 N–H and O–H groups in total. The van der Waals surface area contributed by atoms with Gasteiger partial charge in [-0.3, -0.25) is 20.0 Å². The lowest BCUT2D eigenvalue weighted by Gasteiger charge is -2.04. The fourth-order valence-corrected chi connectivity index (χ4v) is 1.61. The zero-order valence-corrected chi connectivity index (χ0v) is 10.2. The minimum absolute atomic E-state index is 0.0488. The lowest BCUT2D eigenvalue weighted by atomic mass is 10.2. The molecule has 1 aromatic carbocycles. The zero-order valence-electron chi connectivity index (χ0n) is 10.2. The van der Waals surface area contributed by atoms with Gasteiger partial charge < -0.3 is 5.32 Å². The number of non-ortho nitro benzene ring substituents is 1. The molecule has 0 unspecified atom stereocenters. The lowest BCUT2D eigenvalue weighted by molar-refractivity contribution is -0.384. The van der Waals surface area contributed by atoms with E-state index in [0.29, 0.717) is 11.4 Å². The highest BCUT2D eigenvalue weighted by atomic mass is 16.6. The van der Waals surface area contributed by atoms with Crippen molar-refractivity contribution in [1.82, 2.24) is 10.2 Å². The number of aromatic nitrogens is 2. The molecule has 0 atom stereocenters. The van der Waals surface area contributed by atoms with E-state index in [0.717, 1.165) is 12.0 Å². The van der Waals surface area contributed by atoms with Gasteiger partial charge in [-0.1, -0.05) is 6.92 Å². The Kier molecular flexibility index (Phi) is 3.56. The number of nitrogens with one attached hydrogen (secondary N) is 2. The number of carbonyl (C=O) groups excluding carboxylic acids is 1. The topological polar surface area (TPSA) is 101 Å². The molecule has 98 valence electrons. The third kappa shape index (κ3) is 2.76. The Hall–Kier alpha value is -2.70. The first-order valence-corrected chi connectivity index (χ1v) is 5.70. The van der Waals surface area contributed by atoms with Crippen molar-refractivity contribution in [3.05, 3.63) is 51.7 Å². The lowest BCUT2D eigenvalue weighted by Crippen LogP contribution is -2.13. The van der Waals surface area contributed by atoms with Crippen LogP contribution in [-0.4, -0.2) is 21.0 Å². The van der Waals surface area contributed by atoms with Gasteiger partial charge in [0.15, 0.2) is 0 Å². The number of H-pyrrole nitrogens is 1. The predicted molar refractivity (Wildman–Crippen MR) is 69.0 cm³/mol. The summed E-state index contributed by atoms with van der Waals surface area (Å²) in [6, 6.07) is 5.41. The highest BCUT2D eigenvalue weighted by Gasteiger charge is 2.11. The number of hydrogen-bond donors (Lipinski definition) is 2. The molecular formula is C12H12N4O3. The Balaban J connectivity index is 2.14. The fourth-order valence-electron chi connectivity index (χ4n) is 1.61. The van der Waals surface area contributed by atoms with Crippen molar-refractivity contribution < 1.29 is 9.72 Å². The Labute approximate surface area is 108 Å². The molecule has 0 aliphatic heterocycles. The second-order valence-electron chi connectivity index (χ2n) is 3.88. The molecule has 2 rings (SSSR count). The molecule has 1 aromatic heterocycles. The molecule has 1 amide bonds. The van der Waals surface area contributed by atoms with Crippen LogP contribution < -0.4 is 5.32 Å². The number of aromatic amines is 1. The normalized spacial score (nSPS) is 10.2. The quantitative estimate of drug-likeness (QED) is 0.649. The Morgan fingerprint density at radius 2 is 2.11 bits per heavy atom. The number of anilines is 1. The van der Waals surface area contributed by atoms with Crippen LogP contribution in [0.3, 0.4) is 0 Å². The average Bonchev–Trinajstić information content (AvgIpc) is 2.86. The van der Waals surface area contributed by atoms with Crippen molar-refractivity contribution in [3.8, 4) is 0 Å². The number of hydrogen-bond acceptors (Lipinski definition) is 4. The van der Waals surface area contributed by atoms with Crippen molar-refractivity contribution >= 4 is 17.4 Å². The maximum absolute atomic E-state index is 11.9. The predicted octanol–water partition coefficient (Wildman–Crippen LogP) is 2.13. The summed E-state index contributed by atoms with van der Waals surface area (Å²) in [6.07, 6.45) is 2.39. The first-order chi connectivity index (χ1) is 9.11. The summed E-state index contributed by atoms with van der Waals surface area (Å²) in [6.45, 7) is 1.95. The molecule has 7 nitrogen and oxygen atoms in total. The first-order valence-electron chi connectivity index (χ1n) is 5.70. The molecule has 0 saturated carbocycles. The minimum Gasteiger partial charge on any atom is -0.307 e. The van der Waals surface area contributed by atoms with Gasteiger partial charge in [-0.15, -0.1) is 0 Å². The van der Waals surface area contributed by atoms with E-state index in [-0.39, 0.29) is 11.6 Å². The summed E-state index contributed by atoms with van der Waals surface area (Å²) in [4.78, 5) is 21.9. The van der Waals surface area contributed by atoms with Crippen molar-refractivity contribution in [2.24, 2.45) is 0 Å². The van der Waals surface area contributed by atoms with Crippen LogP contribution in [0.5, 0.6) is 0 Å². The van der Waals surface area contributed by atoms with Crippen LogP contribution in [0.2, 0.25) is 0 Å². The molecule has 0 spiro atoms. The van der Waals surface area contributed by atoms with Gasteiger partial charge >= 0.3 is 0 Å². The number of aryl methyl sites for hydroxylation is 1. The zero-order chi connectivity index (χ0) is 13.8. The van der Waals surface area contributed by atoms with E-state index in [1.54, 1.807) is 6.20 Å². The van der Waals surface area contributed by atoms with Crippen LogP contribution in [-0.2, 0) is 6.42 Å². The van der Waals surface area contributed by atoms with Crippen LogP contribution in [0, 0.1) is 10.1 Å². The maximum atomic E-state index is 11.9. The number of rotatable bonds is 4. The van der Waals surface area contributed by atoms with Crippen LogP contribution in [0.4, 0.5) is 11.5 Å². The Morgan fingerprint density at radius 1 is 1.42 bits per heavy atom. The van der Waals surface area contributed by atoms with Gasteiger partial charge in [0, 0.05) is 23.3 Å². The van der Waals surface area contributed by atoms with Crippen molar-refractivity contribution in [2.75, 3.05) is 5.32 Å². The molecule has 1 heterocycles. The highest BCUT2D eigenvalue weighted by molar-refractivity contribution is 6.04. The molecule has 19 heavy (non-hydrogen) atoms. The van der Waals surface area contributed by atoms with E-state index in [1.807, 2.05) is 6.92 Å². The van der Waals surface area contributed by atoms with E-state index < -0.39 is 4.92 Å². The molecule has 0 aliphatic carbocycles. The Bertz CT molecular complexity index is 604. The number of nitro groups is 1. The summed E-state index contributed by atoms with van der Waals surface area (Å²) in [5.74, 6) is 0.208. The van der Waals surface area contributed by atoms with Crippen LogP contribution >= 0.6 is 0 Å². The standard InChI is InChI=1S/C12H12N4O3/c1-2-8-7-13-15-11(8)14-12(17)9-3-5-10(6-4-9)16(18)19/h3-7H,2H2,1H3,(H2,13,14,15,17). The van der Waals surface area contributed by atoms with Gasteiger partial charge in [0.25, 0.3) is 11.6 Å². The van der Waals surface area contributed by atoms with Crippen LogP contribution in [0.25, 0.3) is 0 Å². The van der Waals surface area contributed by atoms with E-state index >= 15 is 0 Å². The minimum atomic E-state index is -0.508. The van der Waals surface area contributed by atoms with Crippen molar-refractivity contribution in [2.45, 2.75) is 13.3 Å². The van der Waals surface area contributed by atoms with Gasteiger partial charge in [-0.25, -0.2) is 0 Å². The monoisotopic (exact) mass is 260 g/mol. The third-order valence-corrected chi connectivity index (χ3v) is 2.68. The second kappa shape index (κ2) is 5.30. The molecule has 0 bridgehead atoms. The van der Waals surface area contributed by atoms with E-state index in [4.69, 9.17) is 0 Å². The van der Waals surface area contributed by atoms with Gasteiger partial charge in [-0.2, -0.15) is 5.10 Å². The summed E-state index contributed by atoms with van der Waals surface area (Å²) in [7, 11) is 0. The van der Waals surface area contributed by atoms with E-state index in [2.05, 4.69) is 15.5 Å². The Morgan fingerprint density at radius 3 is 2.68 bits per heavy atom. The highest BCUT2D eigenvalue weighted by Crippen LogP contribution is 2.15. The molecule has 0 fully saturated rings. The van der Waals surface area contributed by atoms with Gasteiger partial charge in [-0.05, 0) is 18.6 Å². The summed E-state index contributed by atoms with van der Waals surface area (Å²) in [5, 5.41) is 19.7. The number of nitrogens with zero attached hydrogens (tertiary/aromatic N) is 2. The van der Waals surface area contributed by atoms with Crippen LogP contribution in [0.15, 0.2) is 30.5 Å². The first kappa shape index (κ1) is 12.7. The van der Waals surface area contributed by atoms with Gasteiger partial charge in [0.05, 0.1) is 11.1 Å². The number of nitro benzene ring substituents is 1. The molecule has 0 radical (unpaired) electrons. The molecular weight excluding hydrogens is 248 g/mol. The third-order valence-electron chi connectivity index (χ3n) is 2.68. The average molecular weight is 260 g/mol. The second-order valence-corrected chi connectivity index (χ2v) is 3.88. The SMILES string of the molecule is CCc1cn[nH]c1NC(=O)c1ccc([N+](=O)[O-])cc1. The number of benzene rings is 1. The fraction of sp³-hybridized carbons (Fsp3) is 0.167.